The van der Waals surface area contributed by atoms with Crippen molar-refractivity contribution >= 4 is 39.0 Å². The van der Waals surface area contributed by atoms with Crippen LogP contribution in [0.25, 0.3) is 11.4 Å². The van der Waals surface area contributed by atoms with E-state index in [0.29, 0.717) is 28.0 Å². The van der Waals surface area contributed by atoms with E-state index in [1.807, 2.05) is 42.5 Å². The number of anilines is 2. The molecule has 0 fully saturated rings. The van der Waals surface area contributed by atoms with Crippen LogP contribution in [0.5, 0.6) is 0 Å². The minimum absolute atomic E-state index is 0.135. The number of halogens is 1. The number of aryl methyl sites for hydroxylation is 1. The summed E-state index contributed by atoms with van der Waals surface area (Å²) >= 11 is 1.23. The molecule has 166 valence electrons. The zero-order chi connectivity index (χ0) is 22.8. The van der Waals surface area contributed by atoms with Gasteiger partial charge in [0.25, 0.3) is 5.91 Å². The summed E-state index contributed by atoms with van der Waals surface area (Å²) in [5.41, 5.74) is 3.21. The van der Waals surface area contributed by atoms with Crippen LogP contribution < -0.4 is 9.62 Å². The second-order valence-electron chi connectivity index (χ2n) is 7.43. The van der Waals surface area contributed by atoms with E-state index in [1.54, 1.807) is 15.9 Å². The molecular weight excluding hydrogens is 459 g/mol. The van der Waals surface area contributed by atoms with E-state index in [0.717, 1.165) is 24.1 Å². The van der Waals surface area contributed by atoms with Crippen molar-refractivity contribution in [2.24, 2.45) is 0 Å². The Morgan fingerprint density at radius 2 is 1.94 bits per heavy atom. The monoisotopic (exact) mass is 478 g/mol. The fraction of sp³-hybridized carbons (Fsp3) is 0.125. The van der Waals surface area contributed by atoms with Gasteiger partial charge in [-0.3, -0.25) is 19.4 Å². The molecule has 1 aliphatic rings. The molecule has 0 aliphatic carbocycles. The maximum Gasteiger partial charge on any atom is 0.260 e. The summed E-state index contributed by atoms with van der Waals surface area (Å²) in [6, 6.07) is 17.4. The number of aromatic nitrogens is 2. The number of hydrogen-bond acceptors (Lipinski definition) is 5. The van der Waals surface area contributed by atoms with E-state index < -0.39 is 22.7 Å². The van der Waals surface area contributed by atoms with Gasteiger partial charge in [-0.2, -0.15) is 0 Å². The van der Waals surface area contributed by atoms with Gasteiger partial charge in [-0.15, -0.1) is 11.3 Å². The standard InChI is InChI=1S/C24H19FN4O2S2/c25-19-14-17(33(31)29-13-5-7-16-6-1-2-9-22(16)29)10-11-18(19)23(30)28-24-27-21(15-32-24)20-8-3-4-12-26-20/h1-4,6,8-12,14-15H,5,7,13H2,(H,27,28,30). The Morgan fingerprint density at radius 3 is 2.76 bits per heavy atom. The Kier molecular flexibility index (Phi) is 5.97. The van der Waals surface area contributed by atoms with Gasteiger partial charge in [-0.1, -0.05) is 24.3 Å². The number of benzene rings is 2. The number of fused-ring (bicyclic) bond motifs is 1. The van der Waals surface area contributed by atoms with Gasteiger partial charge in [0.15, 0.2) is 16.1 Å². The lowest BCUT2D eigenvalue weighted by Gasteiger charge is -2.29. The lowest BCUT2D eigenvalue weighted by Crippen LogP contribution is -2.31. The predicted octanol–water partition coefficient (Wildman–Crippen LogP) is 5.07. The highest BCUT2D eigenvalue weighted by molar-refractivity contribution is 7.86. The molecule has 2 aromatic carbocycles. The Bertz CT molecular complexity index is 1340. The highest BCUT2D eigenvalue weighted by atomic mass is 32.2. The maximum absolute atomic E-state index is 14.9. The Hall–Kier alpha value is -3.43. The van der Waals surface area contributed by atoms with Crippen LogP contribution in [0, 0.1) is 5.82 Å². The van der Waals surface area contributed by atoms with E-state index in [1.165, 1.54) is 29.5 Å². The molecule has 4 aromatic rings. The van der Waals surface area contributed by atoms with Crippen LogP contribution in [0.3, 0.4) is 0 Å². The Balaban J connectivity index is 1.33. The number of nitrogens with zero attached hydrogens (tertiary/aromatic N) is 3. The number of carbonyl (C=O) groups is 1. The molecule has 0 bridgehead atoms. The van der Waals surface area contributed by atoms with Gasteiger partial charge in [-0.25, -0.2) is 13.6 Å². The van der Waals surface area contributed by atoms with Crippen LogP contribution in [-0.2, 0) is 17.4 Å². The van der Waals surface area contributed by atoms with E-state index in [2.05, 4.69) is 15.3 Å². The third kappa shape index (κ3) is 4.42. The average Bonchev–Trinajstić information content (AvgIpc) is 3.32. The molecule has 0 saturated heterocycles. The van der Waals surface area contributed by atoms with Crippen molar-refractivity contribution < 1.29 is 13.4 Å². The SMILES string of the molecule is O=C(Nc1nc(-c2ccccn2)cs1)c1ccc(S(=O)N2CCCc3ccccc32)cc1F. The van der Waals surface area contributed by atoms with Gasteiger partial charge in [0.1, 0.15) is 11.5 Å². The van der Waals surface area contributed by atoms with E-state index in [9.17, 15) is 13.4 Å². The summed E-state index contributed by atoms with van der Waals surface area (Å²) in [5, 5.41) is 4.75. The van der Waals surface area contributed by atoms with Crippen LogP contribution in [0.15, 0.2) is 77.1 Å². The Morgan fingerprint density at radius 1 is 1.09 bits per heavy atom. The van der Waals surface area contributed by atoms with Crippen LogP contribution in [0.1, 0.15) is 22.3 Å². The van der Waals surface area contributed by atoms with E-state index >= 15 is 0 Å². The summed E-state index contributed by atoms with van der Waals surface area (Å²) in [5.74, 6) is -1.35. The molecule has 5 rings (SSSR count). The maximum atomic E-state index is 14.9. The predicted molar refractivity (Wildman–Crippen MR) is 128 cm³/mol. The van der Waals surface area contributed by atoms with Gasteiger partial charge in [-0.05, 0) is 54.8 Å². The molecule has 0 saturated carbocycles. The molecule has 1 atom stereocenters. The number of hydrogen-bond donors (Lipinski definition) is 1. The lowest BCUT2D eigenvalue weighted by molar-refractivity contribution is 0.102. The summed E-state index contributed by atoms with van der Waals surface area (Å²) in [6.07, 6.45) is 3.46. The van der Waals surface area contributed by atoms with Gasteiger partial charge >= 0.3 is 0 Å². The molecule has 1 aliphatic heterocycles. The topological polar surface area (TPSA) is 75.2 Å². The molecule has 6 nitrogen and oxygen atoms in total. The normalized spacial score (nSPS) is 13.9. The fourth-order valence-corrected chi connectivity index (χ4v) is 5.71. The van der Waals surface area contributed by atoms with Crippen molar-refractivity contribution in [3.8, 4) is 11.4 Å². The molecule has 9 heteroatoms. The molecule has 1 amide bonds. The van der Waals surface area contributed by atoms with E-state index in [-0.39, 0.29) is 5.56 Å². The van der Waals surface area contributed by atoms with Crippen LogP contribution in [-0.4, -0.2) is 26.6 Å². The first-order valence-corrected chi connectivity index (χ1v) is 12.3. The van der Waals surface area contributed by atoms with Gasteiger partial charge in [0, 0.05) is 18.1 Å². The number of pyridine rings is 1. The second-order valence-corrected chi connectivity index (χ2v) is 9.70. The molecule has 0 radical (unpaired) electrons. The Labute approximate surface area is 196 Å². The minimum Gasteiger partial charge on any atom is -0.298 e. The number of rotatable bonds is 5. The summed E-state index contributed by atoms with van der Waals surface area (Å²) in [7, 11) is -1.57. The molecular formula is C24H19FN4O2S2. The van der Waals surface area contributed by atoms with Crippen molar-refractivity contribution in [3.63, 3.8) is 0 Å². The second kappa shape index (κ2) is 9.21. The zero-order valence-electron chi connectivity index (χ0n) is 17.4. The van der Waals surface area contributed by atoms with Crippen molar-refractivity contribution in [3.05, 3.63) is 89.2 Å². The third-order valence-corrected chi connectivity index (χ3v) is 7.50. The third-order valence-electron chi connectivity index (χ3n) is 5.31. The van der Waals surface area contributed by atoms with Crippen molar-refractivity contribution in [1.29, 1.82) is 0 Å². The number of thiazole rings is 1. The molecule has 0 spiro atoms. The quantitative estimate of drug-likeness (QED) is 0.435. The lowest BCUT2D eigenvalue weighted by atomic mass is 10.0. The molecule has 33 heavy (non-hydrogen) atoms. The molecule has 1 unspecified atom stereocenters. The van der Waals surface area contributed by atoms with Crippen molar-refractivity contribution in [2.45, 2.75) is 17.7 Å². The number of nitrogens with one attached hydrogen (secondary N) is 1. The summed E-state index contributed by atoms with van der Waals surface area (Å²) < 4.78 is 29.8. The van der Waals surface area contributed by atoms with Crippen LogP contribution in [0.4, 0.5) is 15.2 Å². The van der Waals surface area contributed by atoms with Gasteiger partial charge < -0.3 is 0 Å². The van der Waals surface area contributed by atoms with Crippen LogP contribution >= 0.6 is 11.3 Å². The van der Waals surface area contributed by atoms with Crippen molar-refractivity contribution in [2.75, 3.05) is 16.2 Å². The van der Waals surface area contributed by atoms with Crippen LogP contribution in [0.2, 0.25) is 0 Å². The summed E-state index contributed by atoms with van der Waals surface area (Å²) in [6.45, 7) is 0.621. The van der Waals surface area contributed by atoms with Crippen molar-refractivity contribution in [1.82, 2.24) is 9.97 Å². The molecule has 1 N–H and O–H groups in total. The largest absolute Gasteiger partial charge is 0.298 e. The zero-order valence-corrected chi connectivity index (χ0v) is 19.0. The first-order chi connectivity index (χ1) is 16.1. The smallest absolute Gasteiger partial charge is 0.260 e. The van der Waals surface area contributed by atoms with Gasteiger partial charge in [0.05, 0.1) is 21.8 Å². The first kappa shape index (κ1) is 21.4. The molecule has 3 heterocycles. The highest BCUT2D eigenvalue weighted by Crippen LogP contribution is 2.30. The summed E-state index contributed by atoms with van der Waals surface area (Å²) in [4.78, 5) is 21.5. The molecule has 2 aromatic heterocycles. The average molecular weight is 479 g/mol. The van der Waals surface area contributed by atoms with E-state index in [4.69, 9.17) is 0 Å². The number of amides is 1. The number of para-hydroxylation sites is 1. The fourth-order valence-electron chi connectivity index (χ4n) is 3.71. The first-order valence-electron chi connectivity index (χ1n) is 10.4. The number of carbonyl (C=O) groups excluding carboxylic acids is 1. The van der Waals surface area contributed by atoms with Gasteiger partial charge in [0.2, 0.25) is 0 Å². The highest BCUT2D eigenvalue weighted by Gasteiger charge is 2.24. The minimum atomic E-state index is -1.57.